The Balaban J connectivity index is 1.27. The van der Waals surface area contributed by atoms with Crippen molar-refractivity contribution >= 4 is 22.9 Å². The van der Waals surface area contributed by atoms with Crippen LogP contribution in [0.4, 0.5) is 4.79 Å². The van der Waals surface area contributed by atoms with Crippen LogP contribution in [0.15, 0.2) is 47.6 Å². The van der Waals surface area contributed by atoms with Gasteiger partial charge in [-0.2, -0.15) is 0 Å². The van der Waals surface area contributed by atoms with E-state index in [4.69, 9.17) is 33.2 Å². The fourth-order valence-corrected chi connectivity index (χ4v) is 6.50. The number of carbonyl (C=O) groups is 2. The van der Waals surface area contributed by atoms with Gasteiger partial charge in [-0.25, -0.2) is 9.59 Å². The molecule has 9 unspecified atom stereocenters. The lowest BCUT2D eigenvalue weighted by atomic mass is 9.97. The lowest BCUT2D eigenvalue weighted by Crippen LogP contribution is -2.62. The van der Waals surface area contributed by atoms with Gasteiger partial charge in [-0.3, -0.25) is 0 Å². The number of benzene rings is 2. The first kappa shape index (κ1) is 32.0. The Morgan fingerprint density at radius 2 is 1.98 bits per heavy atom. The molecule has 0 amide bonds. The van der Waals surface area contributed by atoms with Crippen molar-refractivity contribution in [1.29, 1.82) is 0 Å². The maximum absolute atomic E-state index is 14.0. The van der Waals surface area contributed by atoms with Crippen LogP contribution < -0.4 is 10.1 Å². The second kappa shape index (κ2) is 12.1. The number of phenols is 1. The van der Waals surface area contributed by atoms with Gasteiger partial charge in [-0.05, 0) is 62.2 Å². The summed E-state index contributed by atoms with van der Waals surface area (Å²) in [5.74, 6) is 11.4. The smallest absolute Gasteiger partial charge is 0.507 e. The van der Waals surface area contributed by atoms with Crippen molar-refractivity contribution in [2.24, 2.45) is 0 Å². The van der Waals surface area contributed by atoms with E-state index in [0.29, 0.717) is 22.3 Å². The van der Waals surface area contributed by atoms with E-state index in [1.165, 1.54) is 13.2 Å². The van der Waals surface area contributed by atoms with Gasteiger partial charge in [0, 0.05) is 16.5 Å². The number of fused-ring (bicyclic) bond motifs is 3. The van der Waals surface area contributed by atoms with Crippen LogP contribution >= 0.6 is 0 Å². The molecule has 250 valence electrons. The summed E-state index contributed by atoms with van der Waals surface area (Å²) >= 11 is 0. The molecule has 2 aromatic carbocycles. The number of esters is 1. The Bertz CT molecular complexity index is 1880. The van der Waals surface area contributed by atoms with Crippen LogP contribution in [0.5, 0.6) is 11.5 Å². The molecule has 2 aliphatic carbocycles. The minimum absolute atomic E-state index is 0.0490. The number of allylic oxidation sites excluding steroid dienone is 1. The molecule has 0 aromatic heterocycles. The van der Waals surface area contributed by atoms with E-state index in [1.807, 2.05) is 13.0 Å². The van der Waals surface area contributed by atoms with Crippen molar-refractivity contribution in [2.75, 3.05) is 20.8 Å². The summed E-state index contributed by atoms with van der Waals surface area (Å²) in [6, 6.07) is 5.74. The van der Waals surface area contributed by atoms with Gasteiger partial charge in [0.05, 0.1) is 19.3 Å². The molecule has 3 fully saturated rings. The lowest BCUT2D eigenvalue weighted by molar-refractivity contribution is -0.273. The zero-order chi connectivity index (χ0) is 33.9. The highest BCUT2D eigenvalue weighted by molar-refractivity contribution is 6.08. The predicted molar refractivity (Wildman–Crippen MR) is 166 cm³/mol. The van der Waals surface area contributed by atoms with Crippen molar-refractivity contribution in [2.45, 2.75) is 74.5 Å². The fourth-order valence-electron chi connectivity index (χ4n) is 6.50. The first-order valence-electron chi connectivity index (χ1n) is 15.4. The predicted octanol–water partition coefficient (Wildman–Crippen LogP) is 1.39. The average molecular weight is 660 g/mol. The molecule has 3 saturated heterocycles. The number of carbonyl (C=O) groups excluding carboxylic acids is 2. The SMILES string of the molecule is CNC1C(OC2/C3=C/C#CC4O[C@]4(C4COC(=O)O4)C#CC3=CC2OC(=O)c2c(O)ccc3c(C)cc(OC)cc23)OC(C)C(O)C1O. The van der Waals surface area contributed by atoms with E-state index in [0.717, 1.165) is 10.9 Å². The van der Waals surface area contributed by atoms with Gasteiger partial charge >= 0.3 is 12.1 Å². The molecule has 48 heavy (non-hydrogen) atoms. The van der Waals surface area contributed by atoms with Crippen molar-refractivity contribution in [3.63, 3.8) is 0 Å². The molecule has 2 aromatic rings. The van der Waals surface area contributed by atoms with Crippen molar-refractivity contribution < 1.29 is 58.1 Å². The summed E-state index contributed by atoms with van der Waals surface area (Å²) in [6.07, 6.45) is -5.56. The van der Waals surface area contributed by atoms with Gasteiger partial charge in [0.15, 0.2) is 24.6 Å². The van der Waals surface area contributed by atoms with Crippen molar-refractivity contribution in [1.82, 2.24) is 5.32 Å². The van der Waals surface area contributed by atoms with E-state index < -0.39 is 72.8 Å². The van der Waals surface area contributed by atoms with Crippen molar-refractivity contribution in [3.05, 3.63) is 58.7 Å². The lowest BCUT2D eigenvalue weighted by Gasteiger charge is -2.42. The number of cyclic esters (lactones) is 2. The number of hydrogen-bond acceptors (Lipinski definition) is 13. The van der Waals surface area contributed by atoms with Crippen LogP contribution in [0, 0.1) is 30.6 Å². The van der Waals surface area contributed by atoms with Crippen LogP contribution in [-0.4, -0.2) is 109 Å². The van der Waals surface area contributed by atoms with Crippen LogP contribution in [-0.2, 0) is 28.4 Å². The third-order valence-electron chi connectivity index (χ3n) is 9.23. The van der Waals surface area contributed by atoms with Crippen LogP contribution in [0.3, 0.4) is 0 Å². The minimum Gasteiger partial charge on any atom is -0.507 e. The molecule has 10 atom stereocenters. The van der Waals surface area contributed by atoms with E-state index >= 15 is 0 Å². The first-order chi connectivity index (χ1) is 23.0. The molecule has 0 radical (unpaired) electrons. The zero-order valence-electron chi connectivity index (χ0n) is 26.4. The Labute approximate surface area is 275 Å². The van der Waals surface area contributed by atoms with Gasteiger partial charge in [0.1, 0.15) is 42.0 Å². The molecule has 3 heterocycles. The molecular formula is C35H33NO12. The summed E-state index contributed by atoms with van der Waals surface area (Å²) in [7, 11) is 3.10. The number of methoxy groups -OCH3 is 1. The molecule has 0 saturated carbocycles. The molecule has 13 nitrogen and oxygen atoms in total. The number of epoxide rings is 1. The van der Waals surface area contributed by atoms with Crippen molar-refractivity contribution in [3.8, 4) is 35.2 Å². The zero-order valence-corrected chi connectivity index (χ0v) is 26.4. The van der Waals surface area contributed by atoms with Gasteiger partial charge < -0.3 is 53.8 Å². The number of likely N-dealkylation sites (N-methyl/N-ethyl adjacent to an activating group) is 1. The van der Waals surface area contributed by atoms with Gasteiger partial charge in [-0.15, -0.1) is 0 Å². The molecule has 7 rings (SSSR count). The molecule has 0 spiro atoms. The number of rotatable bonds is 7. The molecule has 3 aliphatic heterocycles. The normalized spacial score (nSPS) is 35.7. The minimum atomic E-state index is -1.24. The van der Waals surface area contributed by atoms with Crippen LogP contribution in [0.25, 0.3) is 10.8 Å². The Hall–Kier alpha value is -4.60. The maximum Gasteiger partial charge on any atom is 0.508 e. The number of aromatic hydroxyl groups is 1. The van der Waals surface area contributed by atoms with Crippen LogP contribution in [0.1, 0.15) is 22.8 Å². The van der Waals surface area contributed by atoms with E-state index in [1.54, 1.807) is 38.3 Å². The van der Waals surface area contributed by atoms with E-state index in [2.05, 4.69) is 29.0 Å². The number of aryl methyl sites for hydroxylation is 1. The largest absolute Gasteiger partial charge is 0.508 e. The summed E-state index contributed by atoms with van der Waals surface area (Å²) in [5, 5.41) is 36.3. The second-order valence-corrected chi connectivity index (χ2v) is 12.1. The monoisotopic (exact) mass is 659 g/mol. The highest BCUT2D eigenvalue weighted by Crippen LogP contribution is 2.44. The number of aliphatic hydroxyl groups is 2. The maximum atomic E-state index is 14.0. The number of hydrogen-bond donors (Lipinski definition) is 4. The molecule has 0 bridgehead atoms. The molecule has 5 aliphatic rings. The number of phenolic OH excluding ortho intramolecular Hbond substituents is 1. The first-order valence-corrected chi connectivity index (χ1v) is 15.4. The quantitative estimate of drug-likeness (QED) is 0.191. The Morgan fingerprint density at radius 1 is 1.17 bits per heavy atom. The summed E-state index contributed by atoms with van der Waals surface area (Å²) < 4.78 is 40.0. The molecule has 13 heteroatoms. The third kappa shape index (κ3) is 5.35. The topological polar surface area (TPSA) is 175 Å². The van der Waals surface area contributed by atoms with Crippen LogP contribution in [0.2, 0.25) is 0 Å². The van der Waals surface area contributed by atoms with Gasteiger partial charge in [0.2, 0.25) is 5.60 Å². The Morgan fingerprint density at radius 3 is 2.71 bits per heavy atom. The number of nitrogens with one attached hydrogen (secondary N) is 1. The highest BCUT2D eigenvalue weighted by Gasteiger charge is 2.65. The Kier molecular flexibility index (Phi) is 8.08. The molecular weight excluding hydrogens is 626 g/mol. The van der Waals surface area contributed by atoms with Gasteiger partial charge in [-0.1, -0.05) is 29.7 Å². The fraction of sp³-hybridized carbons (Fsp3) is 0.429. The van der Waals surface area contributed by atoms with E-state index in [-0.39, 0.29) is 17.9 Å². The van der Waals surface area contributed by atoms with E-state index in [9.17, 15) is 24.9 Å². The standard InChI is InChI=1S/C35H33NO12/c1-16-12-19(42-4)14-22-20(16)8-9-23(37)27(22)32(40)45-24-13-18-10-11-35(26-15-43-34(41)46-26)25(48-35)7-5-6-21(18)31(24)47-33-28(36-3)30(39)29(38)17(2)44-33/h6,8-9,12-14,17,24-26,28-31,33,36-39H,15H2,1-4H3/b21-6+/t17?,24?,25?,26?,28?,29?,30?,31?,33?,35-/m1/s1. The number of ether oxygens (including phenoxy) is 7. The second-order valence-electron chi connectivity index (χ2n) is 12.1. The summed E-state index contributed by atoms with van der Waals surface area (Å²) in [5.41, 5.74) is 0.400. The molecule has 4 N–H and O–H groups in total. The average Bonchev–Trinajstić information content (AvgIpc) is 3.39. The third-order valence-corrected chi connectivity index (χ3v) is 9.23. The highest BCUT2D eigenvalue weighted by atomic mass is 16.8. The summed E-state index contributed by atoms with van der Waals surface area (Å²) in [4.78, 5) is 25.7. The summed E-state index contributed by atoms with van der Waals surface area (Å²) in [6.45, 7) is 3.42. The number of aliphatic hydroxyl groups excluding tert-OH is 2. The van der Waals surface area contributed by atoms with Gasteiger partial charge in [0.25, 0.3) is 0 Å².